The van der Waals surface area contributed by atoms with E-state index in [2.05, 4.69) is 10.6 Å². The van der Waals surface area contributed by atoms with Crippen molar-refractivity contribution in [3.63, 3.8) is 0 Å². The maximum Gasteiger partial charge on any atom is 0.320 e. The molecule has 0 radical (unpaired) electrons. The number of rotatable bonds is 7. The van der Waals surface area contributed by atoms with Crippen molar-refractivity contribution >= 4 is 29.2 Å². The van der Waals surface area contributed by atoms with E-state index < -0.39 is 12.0 Å². The standard InChI is InChI=1S/C14H19ClN2O3/c1-9(2)13(14(19)20)16-7-6-12(18)17-11-5-3-4-10(15)8-11/h3-5,8-9,13,16H,6-7H2,1-2H3,(H,17,18)(H,19,20). The van der Waals surface area contributed by atoms with Gasteiger partial charge < -0.3 is 15.7 Å². The first-order valence-corrected chi connectivity index (χ1v) is 6.79. The van der Waals surface area contributed by atoms with Crippen LogP contribution in [0.1, 0.15) is 20.3 Å². The van der Waals surface area contributed by atoms with Crippen LogP contribution in [0, 0.1) is 5.92 Å². The lowest BCUT2D eigenvalue weighted by Gasteiger charge is -2.17. The second-order valence-corrected chi connectivity index (χ2v) is 5.26. The zero-order valence-electron chi connectivity index (χ0n) is 11.5. The van der Waals surface area contributed by atoms with E-state index in [4.69, 9.17) is 16.7 Å². The summed E-state index contributed by atoms with van der Waals surface area (Å²) in [6.07, 6.45) is 0.197. The molecule has 1 atom stereocenters. The Morgan fingerprint density at radius 1 is 1.35 bits per heavy atom. The van der Waals surface area contributed by atoms with Crippen LogP contribution in [0.3, 0.4) is 0 Å². The normalized spacial score (nSPS) is 12.2. The third-order valence-electron chi connectivity index (χ3n) is 2.76. The number of carboxylic acids is 1. The number of anilines is 1. The average molecular weight is 299 g/mol. The largest absolute Gasteiger partial charge is 0.480 e. The van der Waals surface area contributed by atoms with Gasteiger partial charge in [0.05, 0.1) is 0 Å². The van der Waals surface area contributed by atoms with Gasteiger partial charge in [-0.1, -0.05) is 31.5 Å². The Morgan fingerprint density at radius 2 is 2.05 bits per heavy atom. The van der Waals surface area contributed by atoms with Crippen LogP contribution in [0.5, 0.6) is 0 Å². The van der Waals surface area contributed by atoms with Crippen molar-refractivity contribution in [1.82, 2.24) is 5.32 Å². The minimum absolute atomic E-state index is 0.0384. The zero-order chi connectivity index (χ0) is 15.1. The Kier molecular flexibility index (Phi) is 6.48. The molecule has 20 heavy (non-hydrogen) atoms. The smallest absolute Gasteiger partial charge is 0.320 e. The lowest BCUT2D eigenvalue weighted by molar-refractivity contribution is -0.140. The SMILES string of the molecule is CC(C)C(NCCC(=O)Nc1cccc(Cl)c1)C(=O)O. The molecule has 0 aliphatic carbocycles. The van der Waals surface area contributed by atoms with Crippen LogP contribution >= 0.6 is 11.6 Å². The number of benzene rings is 1. The fraction of sp³-hybridized carbons (Fsp3) is 0.429. The molecule has 5 nitrogen and oxygen atoms in total. The van der Waals surface area contributed by atoms with Crippen LogP contribution in [-0.2, 0) is 9.59 Å². The highest BCUT2D eigenvalue weighted by Crippen LogP contribution is 2.14. The Hall–Kier alpha value is -1.59. The Morgan fingerprint density at radius 3 is 2.60 bits per heavy atom. The number of carbonyl (C=O) groups excluding carboxylic acids is 1. The summed E-state index contributed by atoms with van der Waals surface area (Å²) in [5, 5.41) is 15.1. The quantitative estimate of drug-likeness (QED) is 0.722. The summed E-state index contributed by atoms with van der Waals surface area (Å²) in [6.45, 7) is 3.94. The molecule has 6 heteroatoms. The van der Waals surface area contributed by atoms with E-state index in [1.165, 1.54) is 0 Å². The predicted octanol–water partition coefficient (Wildman–Crippen LogP) is 2.37. The van der Waals surface area contributed by atoms with E-state index in [9.17, 15) is 9.59 Å². The number of nitrogens with one attached hydrogen (secondary N) is 2. The van der Waals surface area contributed by atoms with Crippen LogP contribution in [0.25, 0.3) is 0 Å². The van der Waals surface area contributed by atoms with E-state index >= 15 is 0 Å². The molecule has 1 unspecified atom stereocenters. The van der Waals surface area contributed by atoms with E-state index in [1.54, 1.807) is 24.3 Å². The third-order valence-corrected chi connectivity index (χ3v) is 2.99. The highest BCUT2D eigenvalue weighted by Gasteiger charge is 2.20. The molecule has 1 amide bonds. The van der Waals surface area contributed by atoms with Gasteiger partial charge in [-0.3, -0.25) is 9.59 Å². The number of hydrogen-bond acceptors (Lipinski definition) is 3. The number of carboxylic acid groups (broad SMARTS) is 1. The first-order valence-electron chi connectivity index (χ1n) is 6.41. The first-order chi connectivity index (χ1) is 9.40. The number of carbonyl (C=O) groups is 2. The van der Waals surface area contributed by atoms with Crippen molar-refractivity contribution < 1.29 is 14.7 Å². The Balaban J connectivity index is 2.38. The number of amides is 1. The average Bonchev–Trinajstić information content (AvgIpc) is 2.33. The van der Waals surface area contributed by atoms with Gasteiger partial charge in [-0.25, -0.2) is 0 Å². The summed E-state index contributed by atoms with van der Waals surface area (Å²) >= 11 is 5.81. The predicted molar refractivity (Wildman–Crippen MR) is 79.0 cm³/mol. The van der Waals surface area contributed by atoms with Gasteiger partial charge in [-0.2, -0.15) is 0 Å². The van der Waals surface area contributed by atoms with Gasteiger partial charge in [0.2, 0.25) is 5.91 Å². The molecule has 0 bridgehead atoms. The second-order valence-electron chi connectivity index (χ2n) is 4.82. The Bertz CT molecular complexity index is 477. The molecule has 110 valence electrons. The summed E-state index contributed by atoms with van der Waals surface area (Å²) in [4.78, 5) is 22.7. The summed E-state index contributed by atoms with van der Waals surface area (Å²) in [5.74, 6) is -1.13. The second kappa shape index (κ2) is 7.87. The number of aliphatic carboxylic acids is 1. The lowest BCUT2D eigenvalue weighted by Crippen LogP contribution is -2.42. The van der Waals surface area contributed by atoms with Crippen molar-refractivity contribution in [3.05, 3.63) is 29.3 Å². The molecule has 3 N–H and O–H groups in total. The monoisotopic (exact) mass is 298 g/mol. The van der Waals surface area contributed by atoms with Gasteiger partial charge in [-0.15, -0.1) is 0 Å². The van der Waals surface area contributed by atoms with E-state index in [0.717, 1.165) is 0 Å². The van der Waals surface area contributed by atoms with Gasteiger partial charge in [-0.05, 0) is 24.1 Å². The van der Waals surface area contributed by atoms with E-state index in [0.29, 0.717) is 17.3 Å². The van der Waals surface area contributed by atoms with Gasteiger partial charge in [0.1, 0.15) is 6.04 Å². The van der Waals surface area contributed by atoms with Gasteiger partial charge in [0.25, 0.3) is 0 Å². The molecule has 0 saturated heterocycles. The Labute approximate surface area is 123 Å². The zero-order valence-corrected chi connectivity index (χ0v) is 12.3. The highest BCUT2D eigenvalue weighted by atomic mass is 35.5. The van der Waals surface area contributed by atoms with Crippen LogP contribution in [0.2, 0.25) is 5.02 Å². The summed E-state index contributed by atoms with van der Waals surface area (Å²) < 4.78 is 0. The molecule has 0 fully saturated rings. The van der Waals surface area contributed by atoms with Crippen molar-refractivity contribution in [1.29, 1.82) is 0 Å². The summed E-state index contributed by atoms with van der Waals surface area (Å²) in [5.41, 5.74) is 0.626. The van der Waals surface area contributed by atoms with Crippen molar-refractivity contribution in [2.24, 2.45) is 5.92 Å². The van der Waals surface area contributed by atoms with Crippen molar-refractivity contribution in [3.8, 4) is 0 Å². The van der Waals surface area contributed by atoms with Gasteiger partial charge >= 0.3 is 5.97 Å². The molecular weight excluding hydrogens is 280 g/mol. The molecule has 1 aromatic rings. The molecule has 0 aliphatic heterocycles. The highest BCUT2D eigenvalue weighted by molar-refractivity contribution is 6.30. The van der Waals surface area contributed by atoms with Crippen LogP contribution in [-0.4, -0.2) is 29.6 Å². The minimum Gasteiger partial charge on any atom is -0.480 e. The molecule has 0 aromatic heterocycles. The molecule has 0 aliphatic rings. The van der Waals surface area contributed by atoms with E-state index in [1.807, 2.05) is 13.8 Å². The summed E-state index contributed by atoms with van der Waals surface area (Å²) in [7, 11) is 0. The lowest BCUT2D eigenvalue weighted by atomic mass is 10.0. The molecular formula is C14H19ClN2O3. The van der Waals surface area contributed by atoms with Gasteiger partial charge in [0.15, 0.2) is 0 Å². The minimum atomic E-state index is -0.907. The molecule has 1 aromatic carbocycles. The molecule has 0 heterocycles. The molecule has 1 rings (SSSR count). The van der Waals surface area contributed by atoms with Crippen LogP contribution in [0.15, 0.2) is 24.3 Å². The fourth-order valence-electron chi connectivity index (χ4n) is 1.74. The third kappa shape index (κ3) is 5.59. The first kappa shape index (κ1) is 16.5. The van der Waals surface area contributed by atoms with Crippen molar-refractivity contribution in [2.75, 3.05) is 11.9 Å². The maximum absolute atomic E-state index is 11.7. The topological polar surface area (TPSA) is 78.4 Å². The van der Waals surface area contributed by atoms with Crippen LogP contribution < -0.4 is 10.6 Å². The van der Waals surface area contributed by atoms with E-state index in [-0.39, 0.29) is 18.2 Å². The van der Waals surface area contributed by atoms with Gasteiger partial charge in [0, 0.05) is 23.7 Å². The molecule has 0 spiro atoms. The number of hydrogen-bond donors (Lipinski definition) is 3. The summed E-state index contributed by atoms with van der Waals surface area (Å²) in [6, 6.07) is 6.22. The molecule has 0 saturated carbocycles. The van der Waals surface area contributed by atoms with Crippen molar-refractivity contribution in [2.45, 2.75) is 26.3 Å². The fourth-order valence-corrected chi connectivity index (χ4v) is 1.93. The maximum atomic E-state index is 11.7. The van der Waals surface area contributed by atoms with Crippen LogP contribution in [0.4, 0.5) is 5.69 Å². The number of halogens is 1.